The number of nitrogens with zero attached hydrogens (tertiary/aromatic N) is 3. The van der Waals surface area contributed by atoms with E-state index >= 15 is 0 Å². The smallest absolute Gasteiger partial charge is 0.254 e. The van der Waals surface area contributed by atoms with Crippen molar-refractivity contribution in [3.63, 3.8) is 0 Å². The van der Waals surface area contributed by atoms with Gasteiger partial charge in [0.2, 0.25) is 5.91 Å². The molecule has 2 saturated heterocycles. The molecule has 3 rings (SSSR count). The van der Waals surface area contributed by atoms with Crippen LogP contribution in [0, 0.1) is 0 Å². The minimum atomic E-state index is -0.0499. The number of ether oxygens (including phenoxy) is 2. The van der Waals surface area contributed by atoms with Crippen molar-refractivity contribution in [3.05, 3.63) is 22.2 Å². The van der Waals surface area contributed by atoms with Gasteiger partial charge in [0.25, 0.3) is 5.91 Å². The molecule has 1 aromatic carbocycles. The number of benzene rings is 1. The molecule has 1 aromatic rings. The molecule has 2 aliphatic heterocycles. The van der Waals surface area contributed by atoms with Crippen LogP contribution in [0.25, 0.3) is 0 Å². The molecule has 0 aromatic heterocycles. The van der Waals surface area contributed by atoms with E-state index in [2.05, 4.69) is 20.8 Å². The quantitative estimate of drug-likeness (QED) is 0.683. The predicted molar refractivity (Wildman–Crippen MR) is 110 cm³/mol. The molecule has 8 heteroatoms. The van der Waals surface area contributed by atoms with Crippen LogP contribution in [-0.2, 0) is 4.79 Å². The summed E-state index contributed by atoms with van der Waals surface area (Å²) in [4.78, 5) is 31.3. The summed E-state index contributed by atoms with van der Waals surface area (Å²) < 4.78 is 11.4. The molecule has 2 aliphatic rings. The summed E-state index contributed by atoms with van der Waals surface area (Å²) in [7, 11) is 3.12. The van der Waals surface area contributed by atoms with Gasteiger partial charge in [-0.05, 0) is 47.3 Å². The van der Waals surface area contributed by atoms with Crippen molar-refractivity contribution in [1.82, 2.24) is 14.7 Å². The highest BCUT2D eigenvalue weighted by Crippen LogP contribution is 2.36. The van der Waals surface area contributed by atoms with Gasteiger partial charge in [0.1, 0.15) is 16.0 Å². The fraction of sp³-hybridized carbons (Fsp3) is 0.600. The molecule has 0 N–H and O–H groups in total. The summed E-state index contributed by atoms with van der Waals surface area (Å²) in [6, 6.07) is 3.45. The van der Waals surface area contributed by atoms with Gasteiger partial charge >= 0.3 is 0 Å². The zero-order chi connectivity index (χ0) is 20.1. The molecule has 2 heterocycles. The largest absolute Gasteiger partial charge is 0.495 e. The van der Waals surface area contributed by atoms with Gasteiger partial charge < -0.3 is 19.3 Å². The summed E-state index contributed by atoms with van der Waals surface area (Å²) in [6.07, 6.45) is 3.43. The van der Waals surface area contributed by atoms with E-state index in [9.17, 15) is 9.59 Å². The minimum Gasteiger partial charge on any atom is -0.495 e. The molecular formula is C20H28BrN3O4. The summed E-state index contributed by atoms with van der Waals surface area (Å²) in [5, 5.41) is 0. The van der Waals surface area contributed by atoms with Crippen molar-refractivity contribution in [2.45, 2.75) is 19.3 Å². The first-order valence-corrected chi connectivity index (χ1v) is 10.5. The molecule has 28 heavy (non-hydrogen) atoms. The molecule has 2 amide bonds. The average molecular weight is 454 g/mol. The lowest BCUT2D eigenvalue weighted by Gasteiger charge is -2.36. The third-order valence-corrected chi connectivity index (χ3v) is 6.20. The number of methoxy groups -OCH3 is 2. The van der Waals surface area contributed by atoms with Crippen molar-refractivity contribution in [2.75, 3.05) is 60.0 Å². The Morgan fingerprint density at radius 1 is 0.893 bits per heavy atom. The van der Waals surface area contributed by atoms with Crippen molar-refractivity contribution >= 4 is 27.7 Å². The third-order valence-electron chi connectivity index (χ3n) is 5.42. The van der Waals surface area contributed by atoms with Gasteiger partial charge in [-0.25, -0.2) is 0 Å². The topological polar surface area (TPSA) is 62.3 Å². The number of carbonyl (C=O) groups excluding carboxylic acids is 2. The first kappa shape index (κ1) is 20.9. The number of rotatable bonds is 5. The molecule has 7 nitrogen and oxygen atoms in total. The number of carbonyl (C=O) groups is 2. The molecular weight excluding hydrogens is 426 g/mol. The van der Waals surface area contributed by atoms with E-state index in [1.807, 2.05) is 9.80 Å². The van der Waals surface area contributed by atoms with E-state index in [1.54, 1.807) is 26.4 Å². The van der Waals surface area contributed by atoms with Gasteiger partial charge in [-0.15, -0.1) is 0 Å². The van der Waals surface area contributed by atoms with Crippen molar-refractivity contribution in [2.24, 2.45) is 0 Å². The number of halogens is 1. The van der Waals surface area contributed by atoms with E-state index < -0.39 is 0 Å². The van der Waals surface area contributed by atoms with Crippen LogP contribution in [0.1, 0.15) is 29.6 Å². The Morgan fingerprint density at radius 3 is 2.00 bits per heavy atom. The molecule has 0 atom stereocenters. The van der Waals surface area contributed by atoms with E-state index in [0.717, 1.165) is 25.9 Å². The van der Waals surface area contributed by atoms with Crippen molar-refractivity contribution < 1.29 is 19.1 Å². The van der Waals surface area contributed by atoms with Gasteiger partial charge in [0.15, 0.2) is 0 Å². The fourth-order valence-electron chi connectivity index (χ4n) is 3.72. The zero-order valence-electron chi connectivity index (χ0n) is 16.6. The second-order valence-corrected chi connectivity index (χ2v) is 8.00. The minimum absolute atomic E-state index is 0.0499. The van der Waals surface area contributed by atoms with Crippen molar-refractivity contribution in [1.29, 1.82) is 0 Å². The molecule has 0 bridgehead atoms. The monoisotopic (exact) mass is 453 g/mol. The lowest BCUT2D eigenvalue weighted by molar-refractivity contribution is -0.133. The standard InChI is InChI=1S/C20H28BrN3O4/c1-27-16-12-15(13-17(28-2)19(16)21)20(26)24-10-8-22(9-11-24)14-18(25)23-6-4-3-5-7-23/h12-13H,3-11,14H2,1-2H3. The van der Waals surface area contributed by atoms with E-state index in [0.29, 0.717) is 54.3 Å². The van der Waals surface area contributed by atoms with Gasteiger partial charge in [0.05, 0.1) is 20.8 Å². The molecule has 0 unspecified atom stereocenters. The van der Waals surface area contributed by atoms with Gasteiger partial charge in [-0.1, -0.05) is 0 Å². The third kappa shape index (κ3) is 4.78. The number of piperidine rings is 1. The van der Waals surface area contributed by atoms with Crippen LogP contribution >= 0.6 is 15.9 Å². The predicted octanol–water partition coefficient (Wildman–Crippen LogP) is 2.24. The summed E-state index contributed by atoms with van der Waals surface area (Å²) in [5.41, 5.74) is 0.537. The van der Waals surface area contributed by atoms with Crippen molar-refractivity contribution in [3.8, 4) is 11.5 Å². The molecule has 0 saturated carbocycles. The SMILES string of the molecule is COc1cc(C(=O)N2CCN(CC(=O)N3CCCCC3)CC2)cc(OC)c1Br. The van der Waals surface area contributed by atoms with Crippen LogP contribution in [0.15, 0.2) is 16.6 Å². The second kappa shape index (κ2) is 9.60. The van der Waals surface area contributed by atoms with Gasteiger partial charge in [-0.3, -0.25) is 14.5 Å². The summed E-state index contributed by atoms with van der Waals surface area (Å²) in [5.74, 6) is 1.29. The van der Waals surface area contributed by atoms with Crippen LogP contribution in [0.5, 0.6) is 11.5 Å². The highest BCUT2D eigenvalue weighted by Gasteiger charge is 2.26. The van der Waals surface area contributed by atoms with E-state index in [4.69, 9.17) is 9.47 Å². The fourth-order valence-corrected chi connectivity index (χ4v) is 4.27. The molecule has 0 spiro atoms. The maximum Gasteiger partial charge on any atom is 0.254 e. The summed E-state index contributed by atoms with van der Waals surface area (Å²) >= 11 is 3.43. The Hall–Kier alpha value is -1.80. The van der Waals surface area contributed by atoms with Crippen LogP contribution in [0.3, 0.4) is 0 Å². The van der Waals surface area contributed by atoms with Gasteiger partial charge in [-0.2, -0.15) is 0 Å². The number of hydrogen-bond donors (Lipinski definition) is 0. The van der Waals surface area contributed by atoms with E-state index in [1.165, 1.54) is 6.42 Å². The Kier molecular flexibility index (Phi) is 7.18. The van der Waals surface area contributed by atoms with Gasteiger partial charge in [0, 0.05) is 44.8 Å². The lowest BCUT2D eigenvalue weighted by atomic mass is 10.1. The maximum absolute atomic E-state index is 12.9. The first-order valence-electron chi connectivity index (χ1n) is 9.74. The number of amides is 2. The normalized spacial score (nSPS) is 18.1. The number of hydrogen-bond acceptors (Lipinski definition) is 5. The lowest BCUT2D eigenvalue weighted by Crippen LogP contribution is -2.52. The van der Waals surface area contributed by atoms with Crippen LogP contribution in [-0.4, -0.2) is 86.5 Å². The van der Waals surface area contributed by atoms with Crippen LogP contribution in [0.2, 0.25) is 0 Å². The molecule has 154 valence electrons. The highest BCUT2D eigenvalue weighted by atomic mass is 79.9. The Labute approximate surface area is 174 Å². The van der Waals surface area contributed by atoms with E-state index in [-0.39, 0.29) is 11.8 Å². The number of piperazine rings is 1. The summed E-state index contributed by atoms with van der Waals surface area (Å²) in [6.45, 7) is 4.82. The Bertz CT molecular complexity index is 688. The maximum atomic E-state index is 12.9. The Balaban J connectivity index is 1.57. The number of likely N-dealkylation sites (tertiary alicyclic amines) is 1. The highest BCUT2D eigenvalue weighted by molar-refractivity contribution is 9.10. The average Bonchev–Trinajstić information content (AvgIpc) is 2.74. The van der Waals surface area contributed by atoms with Crippen LogP contribution in [0.4, 0.5) is 0 Å². The Morgan fingerprint density at radius 2 is 1.46 bits per heavy atom. The molecule has 2 fully saturated rings. The zero-order valence-corrected chi connectivity index (χ0v) is 18.2. The molecule has 0 radical (unpaired) electrons. The second-order valence-electron chi connectivity index (χ2n) is 7.20. The first-order chi connectivity index (χ1) is 13.5. The molecule has 0 aliphatic carbocycles. The van der Waals surface area contributed by atoms with Crippen LogP contribution < -0.4 is 9.47 Å².